The highest BCUT2D eigenvalue weighted by atomic mass is 35.5. The number of carbonyl (C=O) groups excluding carboxylic acids is 1. The first kappa shape index (κ1) is 19.5. The van der Waals surface area contributed by atoms with Gasteiger partial charge in [0, 0.05) is 6.04 Å². The number of hydrogen-bond acceptors (Lipinski definition) is 3. The van der Waals surface area contributed by atoms with Crippen LogP contribution in [0.4, 0.5) is 0 Å². The Balaban J connectivity index is 2.04. The molecule has 0 unspecified atom stereocenters. The Hall–Kier alpha value is -0.780. The third-order valence-electron chi connectivity index (χ3n) is 4.70. The molecular formula is C17H23Cl2NO3S. The topological polar surface area (TPSA) is 63.2 Å². The molecular weight excluding hydrogens is 369 g/mol. The predicted octanol–water partition coefficient (Wildman–Crippen LogP) is 3.99. The van der Waals surface area contributed by atoms with Gasteiger partial charge in [0.05, 0.1) is 15.8 Å². The second-order valence-electron chi connectivity index (χ2n) is 6.57. The highest BCUT2D eigenvalue weighted by Crippen LogP contribution is 2.25. The molecule has 3 atom stereocenters. The SMILES string of the molecule is C[C@@H]1CCCC[C@@H]1NC(=O)[C@@H](C)S(=O)(=O)Cc1ccc(Cl)c(Cl)c1. The van der Waals surface area contributed by atoms with Crippen molar-refractivity contribution in [1.29, 1.82) is 0 Å². The molecule has 1 saturated carbocycles. The average molecular weight is 392 g/mol. The van der Waals surface area contributed by atoms with Crippen LogP contribution in [0.5, 0.6) is 0 Å². The number of rotatable bonds is 5. The molecule has 0 heterocycles. The van der Waals surface area contributed by atoms with E-state index >= 15 is 0 Å². The molecule has 4 nitrogen and oxygen atoms in total. The largest absolute Gasteiger partial charge is 0.352 e. The maximum absolute atomic E-state index is 12.5. The van der Waals surface area contributed by atoms with Gasteiger partial charge in [-0.1, -0.05) is 49.0 Å². The van der Waals surface area contributed by atoms with E-state index in [0.29, 0.717) is 21.5 Å². The summed E-state index contributed by atoms with van der Waals surface area (Å²) in [7, 11) is -3.62. The lowest BCUT2D eigenvalue weighted by Crippen LogP contribution is -2.47. The molecule has 1 amide bonds. The van der Waals surface area contributed by atoms with Crippen molar-refractivity contribution >= 4 is 38.9 Å². The second kappa shape index (κ2) is 8.07. The van der Waals surface area contributed by atoms with Gasteiger partial charge in [0.25, 0.3) is 0 Å². The minimum absolute atomic E-state index is 0.0638. The van der Waals surface area contributed by atoms with Gasteiger partial charge in [-0.3, -0.25) is 4.79 Å². The van der Waals surface area contributed by atoms with Crippen LogP contribution in [0.25, 0.3) is 0 Å². The van der Waals surface area contributed by atoms with E-state index in [1.54, 1.807) is 12.1 Å². The van der Waals surface area contributed by atoms with E-state index in [9.17, 15) is 13.2 Å². The number of nitrogens with one attached hydrogen (secondary N) is 1. The van der Waals surface area contributed by atoms with E-state index < -0.39 is 21.0 Å². The second-order valence-corrected chi connectivity index (χ2v) is 9.71. The Morgan fingerprint density at radius 1 is 1.25 bits per heavy atom. The summed E-state index contributed by atoms with van der Waals surface area (Å²) in [6.45, 7) is 3.54. The highest BCUT2D eigenvalue weighted by Gasteiger charge is 2.31. The fourth-order valence-corrected chi connectivity index (χ4v) is 4.59. The Morgan fingerprint density at radius 3 is 2.54 bits per heavy atom. The van der Waals surface area contributed by atoms with Gasteiger partial charge in [-0.2, -0.15) is 0 Å². The fraction of sp³-hybridized carbons (Fsp3) is 0.588. The molecule has 1 aliphatic carbocycles. The van der Waals surface area contributed by atoms with Gasteiger partial charge in [0.1, 0.15) is 5.25 Å². The molecule has 134 valence electrons. The Labute approximate surface area is 153 Å². The minimum Gasteiger partial charge on any atom is -0.352 e. The molecule has 0 bridgehead atoms. The van der Waals surface area contributed by atoms with E-state index in [1.807, 2.05) is 0 Å². The summed E-state index contributed by atoms with van der Waals surface area (Å²) < 4.78 is 25.0. The summed E-state index contributed by atoms with van der Waals surface area (Å²) in [6, 6.07) is 4.76. The van der Waals surface area contributed by atoms with Gasteiger partial charge in [-0.15, -0.1) is 0 Å². The molecule has 1 aliphatic rings. The third kappa shape index (κ3) is 4.87. The maximum Gasteiger partial charge on any atom is 0.238 e. The quantitative estimate of drug-likeness (QED) is 0.824. The van der Waals surface area contributed by atoms with Crippen LogP contribution in [0, 0.1) is 5.92 Å². The molecule has 0 aliphatic heterocycles. The molecule has 1 aromatic carbocycles. The van der Waals surface area contributed by atoms with Crippen LogP contribution in [-0.2, 0) is 20.4 Å². The smallest absolute Gasteiger partial charge is 0.238 e. The molecule has 7 heteroatoms. The predicted molar refractivity (Wildman–Crippen MR) is 98.1 cm³/mol. The van der Waals surface area contributed by atoms with Gasteiger partial charge in [0.15, 0.2) is 9.84 Å². The Bertz CT molecular complexity index is 706. The molecule has 1 fully saturated rings. The number of amides is 1. The highest BCUT2D eigenvalue weighted by molar-refractivity contribution is 7.92. The van der Waals surface area contributed by atoms with Crippen molar-refractivity contribution in [1.82, 2.24) is 5.32 Å². The zero-order valence-electron chi connectivity index (χ0n) is 13.9. The van der Waals surface area contributed by atoms with Crippen molar-refractivity contribution in [3.05, 3.63) is 33.8 Å². The van der Waals surface area contributed by atoms with Crippen LogP contribution in [0.2, 0.25) is 10.0 Å². The lowest BCUT2D eigenvalue weighted by atomic mass is 9.86. The van der Waals surface area contributed by atoms with E-state index in [4.69, 9.17) is 23.2 Å². The van der Waals surface area contributed by atoms with Crippen LogP contribution in [0.3, 0.4) is 0 Å². The molecule has 0 aromatic heterocycles. The lowest BCUT2D eigenvalue weighted by Gasteiger charge is -2.30. The van der Waals surface area contributed by atoms with Crippen LogP contribution >= 0.6 is 23.2 Å². The van der Waals surface area contributed by atoms with E-state index in [2.05, 4.69) is 12.2 Å². The summed E-state index contributed by atoms with van der Waals surface area (Å²) in [4.78, 5) is 12.4. The van der Waals surface area contributed by atoms with Gasteiger partial charge >= 0.3 is 0 Å². The van der Waals surface area contributed by atoms with Crippen molar-refractivity contribution in [3.63, 3.8) is 0 Å². The summed E-state index contributed by atoms with van der Waals surface area (Å²) in [5.41, 5.74) is 0.523. The minimum atomic E-state index is -3.62. The van der Waals surface area contributed by atoms with Crippen LogP contribution in [0.1, 0.15) is 45.1 Å². The summed E-state index contributed by atoms with van der Waals surface area (Å²) in [5, 5.41) is 2.49. The Kier molecular flexibility index (Phi) is 6.57. The van der Waals surface area contributed by atoms with Gasteiger partial charge in [0.2, 0.25) is 5.91 Å². The number of hydrogen-bond donors (Lipinski definition) is 1. The van der Waals surface area contributed by atoms with Crippen molar-refractivity contribution in [2.24, 2.45) is 5.92 Å². The number of carbonyl (C=O) groups is 1. The molecule has 1 N–H and O–H groups in total. The van der Waals surface area contributed by atoms with Crippen molar-refractivity contribution in [2.45, 2.75) is 56.6 Å². The zero-order valence-corrected chi connectivity index (χ0v) is 16.2. The van der Waals surface area contributed by atoms with Gasteiger partial charge < -0.3 is 5.32 Å². The first-order valence-electron chi connectivity index (χ1n) is 8.16. The number of halogens is 2. The first-order valence-corrected chi connectivity index (χ1v) is 10.6. The normalized spacial score (nSPS) is 22.8. The molecule has 24 heavy (non-hydrogen) atoms. The zero-order chi connectivity index (χ0) is 17.9. The van der Waals surface area contributed by atoms with Crippen molar-refractivity contribution in [3.8, 4) is 0 Å². The molecule has 0 spiro atoms. The lowest BCUT2D eigenvalue weighted by molar-refractivity contribution is -0.121. The monoisotopic (exact) mass is 391 g/mol. The summed E-state index contributed by atoms with van der Waals surface area (Å²) in [5.74, 6) is -0.278. The molecule has 2 rings (SSSR count). The maximum atomic E-state index is 12.5. The van der Waals surface area contributed by atoms with Crippen LogP contribution in [-0.4, -0.2) is 25.6 Å². The first-order chi connectivity index (χ1) is 11.2. The Morgan fingerprint density at radius 2 is 1.92 bits per heavy atom. The van der Waals surface area contributed by atoms with Crippen LogP contribution in [0.15, 0.2) is 18.2 Å². The fourth-order valence-electron chi connectivity index (χ4n) is 2.98. The van der Waals surface area contributed by atoms with E-state index in [0.717, 1.165) is 19.3 Å². The summed E-state index contributed by atoms with van der Waals surface area (Å²) in [6.07, 6.45) is 4.21. The molecule has 1 aromatic rings. The van der Waals surface area contributed by atoms with Crippen molar-refractivity contribution < 1.29 is 13.2 Å². The third-order valence-corrected chi connectivity index (χ3v) is 7.47. The number of benzene rings is 1. The van der Waals surface area contributed by atoms with Crippen LogP contribution < -0.4 is 5.32 Å². The standard InChI is InChI=1S/C17H23Cl2NO3S/c1-11-5-3-4-6-16(11)20-17(21)12(2)24(22,23)10-13-7-8-14(18)15(19)9-13/h7-9,11-12,16H,3-6,10H2,1-2H3,(H,20,21)/t11-,12-,16+/m1/s1. The molecule has 0 saturated heterocycles. The van der Waals surface area contributed by atoms with E-state index in [1.165, 1.54) is 19.4 Å². The van der Waals surface area contributed by atoms with Gasteiger partial charge in [-0.05, 0) is 43.4 Å². The average Bonchev–Trinajstić information content (AvgIpc) is 2.52. The molecule has 0 radical (unpaired) electrons. The van der Waals surface area contributed by atoms with Gasteiger partial charge in [-0.25, -0.2) is 8.42 Å². The number of sulfone groups is 1. The van der Waals surface area contributed by atoms with Crippen molar-refractivity contribution in [2.75, 3.05) is 0 Å². The summed E-state index contributed by atoms with van der Waals surface area (Å²) >= 11 is 11.8. The van der Waals surface area contributed by atoms with E-state index in [-0.39, 0.29) is 11.8 Å².